The third-order valence-corrected chi connectivity index (χ3v) is 2.81. The minimum Gasteiger partial charge on any atom is -0.329 e. The molecular weight excluding hydrogens is 132 g/mol. The second kappa shape index (κ2) is 2.71. The minimum absolute atomic E-state index is 0.431. The highest BCUT2D eigenvalue weighted by Gasteiger charge is 2.22. The minimum atomic E-state index is 0.431. The molecule has 52 valence electrons. The number of rotatable bonds is 1. The molecule has 0 radical (unpaired) electrons. The summed E-state index contributed by atoms with van der Waals surface area (Å²) in [4.78, 5) is 4.34. The predicted molar refractivity (Wildman–Crippen MR) is 43.0 cm³/mol. The smallest absolute Gasteiger partial charge is 0.0652 e. The van der Waals surface area contributed by atoms with Crippen molar-refractivity contribution in [2.75, 3.05) is 6.54 Å². The van der Waals surface area contributed by atoms with E-state index in [2.05, 4.69) is 11.9 Å². The van der Waals surface area contributed by atoms with Crippen molar-refractivity contribution in [3.63, 3.8) is 0 Å². The fourth-order valence-corrected chi connectivity index (χ4v) is 1.98. The molecule has 1 aliphatic rings. The van der Waals surface area contributed by atoms with Crippen LogP contribution >= 0.6 is 11.8 Å². The molecule has 0 saturated carbocycles. The van der Waals surface area contributed by atoms with Crippen LogP contribution in [-0.4, -0.2) is 22.9 Å². The van der Waals surface area contributed by atoms with Gasteiger partial charge >= 0.3 is 0 Å². The maximum atomic E-state index is 5.49. The second-order valence-electron chi connectivity index (χ2n) is 2.28. The van der Waals surface area contributed by atoms with Crippen molar-refractivity contribution in [1.82, 2.24) is 0 Å². The highest BCUT2D eigenvalue weighted by molar-refractivity contribution is 8.14. The highest BCUT2D eigenvalue weighted by atomic mass is 32.2. The fourth-order valence-electron chi connectivity index (χ4n) is 0.963. The summed E-state index contributed by atoms with van der Waals surface area (Å²) in [5, 5.41) is 1.71. The van der Waals surface area contributed by atoms with E-state index < -0.39 is 0 Å². The molecule has 2 atom stereocenters. The highest BCUT2D eigenvalue weighted by Crippen LogP contribution is 2.25. The summed E-state index contributed by atoms with van der Waals surface area (Å²) in [6.45, 7) is 4.89. The molecule has 2 N–H and O–H groups in total. The summed E-state index contributed by atoms with van der Waals surface area (Å²) in [7, 11) is 0. The lowest BCUT2D eigenvalue weighted by molar-refractivity contribution is 0.709. The predicted octanol–water partition coefficient (Wildman–Crippen LogP) is 0.867. The summed E-state index contributed by atoms with van der Waals surface area (Å²) in [6, 6.07) is 0.431. The van der Waals surface area contributed by atoms with Crippen LogP contribution in [0.4, 0.5) is 0 Å². The van der Waals surface area contributed by atoms with Crippen LogP contribution in [-0.2, 0) is 0 Å². The van der Waals surface area contributed by atoms with E-state index in [-0.39, 0.29) is 0 Å². The summed E-state index contributed by atoms with van der Waals surface area (Å²) in [6.07, 6.45) is 0. The maximum Gasteiger partial charge on any atom is 0.0652 e. The molecule has 0 bridgehead atoms. The lowest BCUT2D eigenvalue weighted by Gasteiger charge is -2.07. The largest absolute Gasteiger partial charge is 0.329 e. The van der Waals surface area contributed by atoms with E-state index in [0.29, 0.717) is 11.3 Å². The van der Waals surface area contributed by atoms with Crippen LogP contribution in [0.2, 0.25) is 0 Å². The molecule has 0 saturated heterocycles. The lowest BCUT2D eigenvalue weighted by Crippen LogP contribution is -2.23. The molecule has 3 heteroatoms. The van der Waals surface area contributed by atoms with Crippen LogP contribution in [0.25, 0.3) is 0 Å². The molecule has 2 unspecified atom stereocenters. The summed E-state index contributed by atoms with van der Waals surface area (Å²) in [5.41, 5.74) is 5.49. The van der Waals surface area contributed by atoms with Gasteiger partial charge < -0.3 is 5.73 Å². The molecule has 0 amide bonds. The van der Waals surface area contributed by atoms with Crippen molar-refractivity contribution >= 4 is 16.8 Å². The van der Waals surface area contributed by atoms with Gasteiger partial charge in [-0.3, -0.25) is 4.99 Å². The monoisotopic (exact) mass is 144 g/mol. The summed E-state index contributed by atoms with van der Waals surface area (Å²) in [5.74, 6) is 0. The van der Waals surface area contributed by atoms with E-state index in [1.165, 1.54) is 5.04 Å². The number of hydrogen-bond donors (Lipinski definition) is 1. The molecule has 0 fully saturated rings. The number of aliphatic imine (C=N–C) groups is 1. The zero-order valence-corrected chi connectivity index (χ0v) is 6.61. The average Bonchev–Trinajstić information content (AvgIpc) is 2.10. The quantitative estimate of drug-likeness (QED) is 0.593. The van der Waals surface area contributed by atoms with E-state index in [1.807, 2.05) is 6.92 Å². The molecule has 9 heavy (non-hydrogen) atoms. The molecular formula is C6H12N2S. The first-order chi connectivity index (χ1) is 4.24. The van der Waals surface area contributed by atoms with Crippen LogP contribution in [0, 0.1) is 0 Å². The van der Waals surface area contributed by atoms with Gasteiger partial charge in [0.25, 0.3) is 0 Å². The summed E-state index contributed by atoms with van der Waals surface area (Å²) < 4.78 is 0. The molecule has 0 aliphatic carbocycles. The molecule has 1 rings (SSSR count). The van der Waals surface area contributed by atoms with E-state index in [0.717, 1.165) is 6.54 Å². The van der Waals surface area contributed by atoms with E-state index >= 15 is 0 Å². The van der Waals surface area contributed by atoms with Gasteiger partial charge in [-0.25, -0.2) is 0 Å². The van der Waals surface area contributed by atoms with Gasteiger partial charge in [0.2, 0.25) is 0 Å². The number of nitrogens with zero attached hydrogens (tertiary/aromatic N) is 1. The SMILES string of the molecule is CC1=NC(C)C(CN)S1. The Labute approximate surface area is 59.9 Å². The topological polar surface area (TPSA) is 38.4 Å². The van der Waals surface area contributed by atoms with Gasteiger partial charge in [0, 0.05) is 11.8 Å². The Morgan fingerprint density at radius 1 is 1.78 bits per heavy atom. The molecule has 2 nitrogen and oxygen atoms in total. The second-order valence-corrected chi connectivity index (χ2v) is 3.71. The molecule has 0 aromatic carbocycles. The van der Waals surface area contributed by atoms with E-state index in [9.17, 15) is 0 Å². The van der Waals surface area contributed by atoms with Gasteiger partial charge in [0.05, 0.1) is 11.1 Å². The van der Waals surface area contributed by atoms with Crippen LogP contribution in [0.1, 0.15) is 13.8 Å². The van der Waals surface area contributed by atoms with E-state index in [4.69, 9.17) is 5.73 Å². The van der Waals surface area contributed by atoms with Crippen molar-refractivity contribution in [2.45, 2.75) is 25.1 Å². The number of nitrogens with two attached hydrogens (primary N) is 1. The average molecular weight is 144 g/mol. The third kappa shape index (κ3) is 1.46. The fraction of sp³-hybridized carbons (Fsp3) is 0.833. The van der Waals surface area contributed by atoms with Crippen LogP contribution in [0.3, 0.4) is 0 Å². The number of hydrogen-bond acceptors (Lipinski definition) is 3. The first kappa shape index (κ1) is 7.09. The van der Waals surface area contributed by atoms with Crippen LogP contribution in [0.5, 0.6) is 0 Å². The molecule has 0 aromatic heterocycles. The standard InChI is InChI=1S/C6H12N2S/c1-4-6(3-7)9-5(2)8-4/h4,6H,3,7H2,1-2H3. The first-order valence-corrected chi connectivity index (χ1v) is 4.03. The molecule has 1 aliphatic heterocycles. The Morgan fingerprint density at radius 2 is 2.44 bits per heavy atom. The van der Waals surface area contributed by atoms with Crippen LogP contribution < -0.4 is 5.73 Å². The van der Waals surface area contributed by atoms with Gasteiger partial charge in [0.15, 0.2) is 0 Å². The van der Waals surface area contributed by atoms with Crippen molar-refractivity contribution in [1.29, 1.82) is 0 Å². The summed E-state index contributed by atoms with van der Waals surface area (Å²) >= 11 is 1.80. The van der Waals surface area contributed by atoms with Crippen molar-refractivity contribution < 1.29 is 0 Å². The van der Waals surface area contributed by atoms with Gasteiger partial charge in [-0.2, -0.15) is 0 Å². The lowest BCUT2D eigenvalue weighted by atomic mass is 10.2. The zero-order chi connectivity index (χ0) is 6.85. The Balaban J connectivity index is 2.49. The Bertz CT molecular complexity index is 133. The Hall–Kier alpha value is -0.0200. The number of thioether (sulfide) groups is 1. The van der Waals surface area contributed by atoms with Crippen molar-refractivity contribution in [3.8, 4) is 0 Å². The zero-order valence-electron chi connectivity index (χ0n) is 5.79. The van der Waals surface area contributed by atoms with Crippen molar-refractivity contribution in [2.24, 2.45) is 10.7 Å². The first-order valence-electron chi connectivity index (χ1n) is 3.15. The van der Waals surface area contributed by atoms with Crippen molar-refractivity contribution in [3.05, 3.63) is 0 Å². The maximum absolute atomic E-state index is 5.49. The molecule has 1 heterocycles. The Kier molecular flexibility index (Phi) is 2.13. The Morgan fingerprint density at radius 3 is 2.67 bits per heavy atom. The van der Waals surface area contributed by atoms with Gasteiger partial charge in [-0.15, -0.1) is 11.8 Å². The third-order valence-electron chi connectivity index (χ3n) is 1.48. The van der Waals surface area contributed by atoms with Gasteiger partial charge in [0.1, 0.15) is 0 Å². The van der Waals surface area contributed by atoms with Crippen LogP contribution in [0.15, 0.2) is 4.99 Å². The van der Waals surface area contributed by atoms with Gasteiger partial charge in [-0.05, 0) is 13.8 Å². The van der Waals surface area contributed by atoms with Gasteiger partial charge in [-0.1, -0.05) is 0 Å². The molecule has 0 spiro atoms. The molecule has 0 aromatic rings. The normalized spacial score (nSPS) is 34.8. The van der Waals surface area contributed by atoms with E-state index in [1.54, 1.807) is 11.8 Å².